The molecule has 0 atom stereocenters. The summed E-state index contributed by atoms with van der Waals surface area (Å²) in [6.45, 7) is 12.6. The molecule has 0 bridgehead atoms. The lowest BCUT2D eigenvalue weighted by Crippen LogP contribution is -2.15. The van der Waals surface area contributed by atoms with Crippen LogP contribution in [-0.4, -0.2) is 156 Å². The highest BCUT2D eigenvalue weighted by molar-refractivity contribution is 5.69. The van der Waals surface area contributed by atoms with Crippen LogP contribution in [0.15, 0.2) is 0 Å². The minimum absolute atomic E-state index is 0.0620. The van der Waals surface area contributed by atoms with E-state index < -0.39 is 5.97 Å². The molecule has 0 spiro atoms. The molecule has 14 nitrogen and oxygen atoms in total. The van der Waals surface area contributed by atoms with Gasteiger partial charge in [-0.05, 0) is 19.3 Å². The van der Waals surface area contributed by atoms with Gasteiger partial charge in [0.25, 0.3) is 0 Å². The number of rotatable bonds is 50. The summed E-state index contributed by atoms with van der Waals surface area (Å²) in [6, 6.07) is 0. The Hall–Kier alpha value is -1.46. The van der Waals surface area contributed by atoms with E-state index in [0.29, 0.717) is 132 Å². The van der Waals surface area contributed by atoms with Crippen molar-refractivity contribution in [3.05, 3.63) is 0 Å². The Labute approximate surface area is 339 Å². The molecule has 0 radical (unpaired) electrons. The van der Waals surface area contributed by atoms with Gasteiger partial charge in [0.15, 0.2) is 0 Å². The van der Waals surface area contributed by atoms with Crippen molar-refractivity contribution in [2.45, 2.75) is 122 Å². The Morgan fingerprint density at radius 1 is 0.304 bits per heavy atom. The van der Waals surface area contributed by atoms with E-state index in [-0.39, 0.29) is 32.0 Å². The standard InChI is InChI=1S/C42H82O14/c1-2-3-4-5-6-7-8-9-10-11-12-13-14-17-20-46-21-22-47-23-24-48-25-26-49-27-28-50-29-30-51-31-32-52-33-34-53-35-36-54-37-38-55-39-40-56-42(45)19-16-15-18-41(43)44/h2-40H2,1H3,(H,43,44). The Bertz CT molecular complexity index is 776. The van der Waals surface area contributed by atoms with Crippen LogP contribution >= 0.6 is 0 Å². The molecule has 0 aliphatic heterocycles. The van der Waals surface area contributed by atoms with E-state index in [1.165, 1.54) is 83.5 Å². The molecule has 0 amide bonds. The predicted octanol–water partition coefficient (Wildman–Crippen LogP) is 6.82. The second-order valence-corrected chi connectivity index (χ2v) is 13.5. The minimum Gasteiger partial charge on any atom is -0.481 e. The molecule has 0 saturated heterocycles. The van der Waals surface area contributed by atoms with Crippen LogP contribution in [0.25, 0.3) is 0 Å². The molecule has 0 aliphatic rings. The number of carboxylic acids is 1. The van der Waals surface area contributed by atoms with Gasteiger partial charge in [-0.25, -0.2) is 0 Å². The topological polar surface area (TPSA) is 156 Å². The van der Waals surface area contributed by atoms with Crippen LogP contribution in [0.3, 0.4) is 0 Å². The largest absolute Gasteiger partial charge is 0.481 e. The van der Waals surface area contributed by atoms with Crippen molar-refractivity contribution in [1.29, 1.82) is 0 Å². The van der Waals surface area contributed by atoms with Gasteiger partial charge in [0.2, 0.25) is 0 Å². The fraction of sp³-hybridized carbons (Fsp3) is 0.952. The van der Waals surface area contributed by atoms with Gasteiger partial charge in [-0.2, -0.15) is 0 Å². The van der Waals surface area contributed by atoms with Crippen LogP contribution in [-0.2, 0) is 61.7 Å². The number of hydrogen-bond acceptors (Lipinski definition) is 13. The van der Waals surface area contributed by atoms with E-state index in [1.54, 1.807) is 0 Å². The van der Waals surface area contributed by atoms with E-state index >= 15 is 0 Å². The molecular formula is C42H82O14. The first-order chi connectivity index (χ1) is 27.7. The van der Waals surface area contributed by atoms with Crippen LogP contribution in [0.5, 0.6) is 0 Å². The first-order valence-electron chi connectivity index (χ1n) is 21.8. The Morgan fingerprint density at radius 2 is 0.554 bits per heavy atom. The highest BCUT2D eigenvalue weighted by Gasteiger charge is 2.04. The van der Waals surface area contributed by atoms with Crippen molar-refractivity contribution in [1.82, 2.24) is 0 Å². The van der Waals surface area contributed by atoms with E-state index in [2.05, 4.69) is 6.92 Å². The summed E-state index contributed by atoms with van der Waals surface area (Å²) in [4.78, 5) is 21.9. The van der Waals surface area contributed by atoms with E-state index in [1.807, 2.05) is 0 Å². The Kier molecular flexibility index (Phi) is 48.4. The molecule has 0 aromatic heterocycles. The third kappa shape index (κ3) is 50.6. The lowest BCUT2D eigenvalue weighted by atomic mass is 10.0. The van der Waals surface area contributed by atoms with E-state index in [9.17, 15) is 9.59 Å². The third-order valence-corrected chi connectivity index (χ3v) is 8.50. The fourth-order valence-corrected chi connectivity index (χ4v) is 5.31. The summed E-state index contributed by atoms with van der Waals surface area (Å²) in [6.07, 6.45) is 20.4. The maximum Gasteiger partial charge on any atom is 0.305 e. The molecule has 0 aliphatic carbocycles. The highest BCUT2D eigenvalue weighted by Crippen LogP contribution is 2.13. The van der Waals surface area contributed by atoms with Gasteiger partial charge in [-0.3, -0.25) is 9.59 Å². The molecule has 14 heteroatoms. The quantitative estimate of drug-likeness (QED) is 0.0504. The van der Waals surface area contributed by atoms with Crippen LogP contribution in [0.4, 0.5) is 0 Å². The highest BCUT2D eigenvalue weighted by atomic mass is 16.6. The monoisotopic (exact) mass is 811 g/mol. The zero-order valence-corrected chi connectivity index (χ0v) is 35.3. The van der Waals surface area contributed by atoms with E-state index in [4.69, 9.17) is 57.2 Å². The minimum atomic E-state index is -0.860. The number of aliphatic carboxylic acids is 1. The summed E-state index contributed by atoms with van der Waals surface area (Å²) in [7, 11) is 0. The molecule has 334 valence electrons. The molecule has 0 saturated carbocycles. The summed E-state index contributed by atoms with van der Waals surface area (Å²) < 4.78 is 60.0. The number of carboxylic acid groups (broad SMARTS) is 1. The number of ether oxygens (including phenoxy) is 11. The molecule has 0 aromatic rings. The normalized spacial score (nSPS) is 11.4. The van der Waals surface area contributed by atoms with Crippen molar-refractivity contribution < 1.29 is 66.8 Å². The second kappa shape index (κ2) is 49.7. The number of esters is 1. The Morgan fingerprint density at radius 3 is 0.857 bits per heavy atom. The molecule has 0 heterocycles. The average Bonchev–Trinajstić information content (AvgIpc) is 3.19. The van der Waals surface area contributed by atoms with Crippen molar-refractivity contribution in [2.24, 2.45) is 0 Å². The summed E-state index contributed by atoms with van der Waals surface area (Å²) >= 11 is 0. The van der Waals surface area contributed by atoms with Crippen molar-refractivity contribution >= 4 is 11.9 Å². The summed E-state index contributed by atoms with van der Waals surface area (Å²) in [5.41, 5.74) is 0. The molecule has 56 heavy (non-hydrogen) atoms. The van der Waals surface area contributed by atoms with Crippen molar-refractivity contribution in [3.8, 4) is 0 Å². The third-order valence-electron chi connectivity index (χ3n) is 8.50. The van der Waals surface area contributed by atoms with Gasteiger partial charge in [0, 0.05) is 19.4 Å². The van der Waals surface area contributed by atoms with Gasteiger partial charge in [0.1, 0.15) is 6.61 Å². The Balaban J connectivity index is 3.09. The van der Waals surface area contributed by atoms with Gasteiger partial charge in [-0.1, -0.05) is 90.4 Å². The fourth-order valence-electron chi connectivity index (χ4n) is 5.31. The summed E-state index contributed by atoms with van der Waals surface area (Å²) in [5, 5.41) is 8.56. The molecule has 0 fully saturated rings. The maximum absolute atomic E-state index is 11.5. The van der Waals surface area contributed by atoms with Gasteiger partial charge in [-0.15, -0.1) is 0 Å². The molecular weight excluding hydrogens is 728 g/mol. The van der Waals surface area contributed by atoms with Crippen LogP contribution in [0.2, 0.25) is 0 Å². The van der Waals surface area contributed by atoms with Crippen LogP contribution in [0.1, 0.15) is 122 Å². The van der Waals surface area contributed by atoms with Gasteiger partial charge >= 0.3 is 11.9 Å². The van der Waals surface area contributed by atoms with Gasteiger partial charge < -0.3 is 57.2 Å². The number of hydrogen-bond donors (Lipinski definition) is 1. The summed E-state index contributed by atoms with van der Waals surface area (Å²) in [5.74, 6) is -1.20. The molecule has 1 N–H and O–H groups in total. The SMILES string of the molecule is CCCCCCCCCCCCCCCCOCCOCCOCCOCCOCCOCCOCCOCCOCCOCCOC(=O)CCCCC(=O)O. The predicted molar refractivity (Wildman–Crippen MR) is 216 cm³/mol. The average molecular weight is 811 g/mol. The lowest BCUT2D eigenvalue weighted by molar-refractivity contribution is -0.146. The number of carbonyl (C=O) groups excluding carboxylic acids is 1. The zero-order valence-electron chi connectivity index (χ0n) is 35.3. The smallest absolute Gasteiger partial charge is 0.305 e. The number of carbonyl (C=O) groups is 2. The van der Waals surface area contributed by atoms with Crippen molar-refractivity contribution in [2.75, 3.05) is 139 Å². The molecule has 0 unspecified atom stereocenters. The first kappa shape index (κ1) is 54.5. The maximum atomic E-state index is 11.5. The molecule has 0 rings (SSSR count). The van der Waals surface area contributed by atoms with Gasteiger partial charge in [0.05, 0.1) is 126 Å². The van der Waals surface area contributed by atoms with Crippen LogP contribution in [0, 0.1) is 0 Å². The zero-order chi connectivity index (χ0) is 40.5. The van der Waals surface area contributed by atoms with Crippen LogP contribution < -0.4 is 0 Å². The lowest BCUT2D eigenvalue weighted by Gasteiger charge is -2.09. The number of unbranched alkanes of at least 4 members (excludes halogenated alkanes) is 14. The van der Waals surface area contributed by atoms with Crippen molar-refractivity contribution in [3.63, 3.8) is 0 Å². The molecule has 0 aromatic carbocycles. The first-order valence-corrected chi connectivity index (χ1v) is 21.8. The second-order valence-electron chi connectivity index (χ2n) is 13.5. The van der Waals surface area contributed by atoms with E-state index in [0.717, 1.165) is 13.0 Å².